The molecule has 0 bridgehead atoms. The fourth-order valence-electron chi connectivity index (χ4n) is 3.81. The molecule has 0 saturated carbocycles. The molecule has 0 aliphatic carbocycles. The molecule has 0 fully saturated rings. The molecule has 0 saturated heterocycles. The number of rotatable bonds is 10. The molecular weight excluding hydrogens is 448 g/mol. The monoisotopic (exact) mass is 480 g/mol. The third kappa shape index (κ3) is 6.41. The van der Waals surface area contributed by atoms with Crippen LogP contribution in [0.1, 0.15) is 45.7 Å². The molecule has 1 aliphatic rings. The minimum Gasteiger partial charge on any atom is -0.497 e. The number of cyclic esters (lactones) is 1. The first kappa shape index (κ1) is 25.8. The van der Waals surface area contributed by atoms with E-state index in [1.807, 2.05) is 34.6 Å². The van der Waals surface area contributed by atoms with Crippen molar-refractivity contribution in [1.82, 2.24) is 4.90 Å². The minimum atomic E-state index is -0.540. The van der Waals surface area contributed by atoms with Gasteiger partial charge in [0.05, 0.1) is 13.7 Å². The molecule has 0 aromatic heterocycles. The zero-order valence-electron chi connectivity index (χ0n) is 21.0. The van der Waals surface area contributed by atoms with Gasteiger partial charge in [-0.3, -0.25) is 4.79 Å². The fourth-order valence-corrected chi connectivity index (χ4v) is 3.81. The van der Waals surface area contributed by atoms with Gasteiger partial charge in [-0.1, -0.05) is 6.07 Å². The van der Waals surface area contributed by atoms with E-state index in [0.717, 1.165) is 0 Å². The molecule has 2 aromatic rings. The largest absolute Gasteiger partial charge is 0.497 e. The molecule has 35 heavy (non-hydrogen) atoms. The minimum absolute atomic E-state index is 0.0704. The topological polar surface area (TPSA) is 86.7 Å². The number of hydrogen-bond donors (Lipinski definition) is 0. The summed E-state index contributed by atoms with van der Waals surface area (Å²) in [6.07, 6.45) is 1.62. The smallest absolute Gasteiger partial charge is 0.363 e. The normalized spacial score (nSPS) is 14.2. The van der Waals surface area contributed by atoms with Crippen LogP contribution in [0.2, 0.25) is 0 Å². The summed E-state index contributed by atoms with van der Waals surface area (Å²) >= 11 is 0. The maximum Gasteiger partial charge on any atom is 0.363 e. The van der Waals surface area contributed by atoms with Gasteiger partial charge in [-0.25, -0.2) is 9.79 Å². The lowest BCUT2D eigenvalue weighted by Crippen LogP contribution is -2.44. The van der Waals surface area contributed by atoms with Crippen molar-refractivity contribution in [2.24, 2.45) is 4.99 Å². The lowest BCUT2D eigenvalue weighted by Gasteiger charge is -2.30. The highest BCUT2D eigenvalue weighted by atomic mass is 16.6. The highest BCUT2D eigenvalue weighted by Gasteiger charge is 2.25. The van der Waals surface area contributed by atoms with Crippen molar-refractivity contribution in [3.8, 4) is 17.2 Å². The molecule has 3 rings (SSSR count). The first-order chi connectivity index (χ1) is 16.7. The fraction of sp³-hybridized carbons (Fsp3) is 0.370. The molecule has 1 aliphatic heterocycles. The number of amides is 1. The van der Waals surface area contributed by atoms with Gasteiger partial charge in [-0.2, -0.15) is 0 Å². The maximum atomic E-state index is 12.7. The van der Waals surface area contributed by atoms with Crippen LogP contribution in [-0.4, -0.2) is 55.1 Å². The van der Waals surface area contributed by atoms with Crippen molar-refractivity contribution in [1.29, 1.82) is 0 Å². The van der Waals surface area contributed by atoms with Crippen LogP contribution in [0.15, 0.2) is 53.2 Å². The Labute approximate surface area is 206 Å². The Morgan fingerprint density at radius 2 is 1.71 bits per heavy atom. The van der Waals surface area contributed by atoms with E-state index < -0.39 is 5.97 Å². The SMILES string of the molecule is CCOc1cc(/C=C2\N=C(c3ccc(OC)cc3)OC2=O)ccc1OCC(=O)N(C(C)C)C(C)C. The van der Waals surface area contributed by atoms with Crippen LogP contribution in [-0.2, 0) is 14.3 Å². The quantitative estimate of drug-likeness (QED) is 0.369. The molecule has 1 amide bonds. The second kappa shape index (κ2) is 11.6. The van der Waals surface area contributed by atoms with Crippen LogP contribution in [0, 0.1) is 0 Å². The van der Waals surface area contributed by atoms with Crippen LogP contribution in [0.3, 0.4) is 0 Å². The predicted octanol–water partition coefficient (Wildman–Crippen LogP) is 4.46. The summed E-state index contributed by atoms with van der Waals surface area (Å²) in [5, 5.41) is 0. The summed E-state index contributed by atoms with van der Waals surface area (Å²) in [5.74, 6) is 1.21. The number of ether oxygens (including phenoxy) is 4. The number of hydrogen-bond acceptors (Lipinski definition) is 7. The van der Waals surface area contributed by atoms with E-state index in [-0.39, 0.29) is 36.2 Å². The molecule has 0 atom stereocenters. The van der Waals surface area contributed by atoms with Crippen molar-refractivity contribution < 1.29 is 28.5 Å². The average Bonchev–Trinajstić information content (AvgIpc) is 3.18. The molecule has 1 heterocycles. The Morgan fingerprint density at radius 1 is 1.03 bits per heavy atom. The number of esters is 1. The first-order valence-electron chi connectivity index (χ1n) is 11.6. The highest BCUT2D eigenvalue weighted by molar-refractivity contribution is 6.12. The van der Waals surface area contributed by atoms with E-state index >= 15 is 0 Å². The summed E-state index contributed by atoms with van der Waals surface area (Å²) in [5.41, 5.74) is 1.53. The van der Waals surface area contributed by atoms with Gasteiger partial charge >= 0.3 is 5.97 Å². The van der Waals surface area contributed by atoms with Crippen molar-refractivity contribution >= 4 is 23.9 Å². The molecule has 0 unspecified atom stereocenters. The van der Waals surface area contributed by atoms with Gasteiger partial charge in [-0.05, 0) is 82.7 Å². The van der Waals surface area contributed by atoms with E-state index in [1.54, 1.807) is 60.6 Å². The summed E-state index contributed by atoms with van der Waals surface area (Å²) in [6.45, 7) is 10.1. The van der Waals surface area contributed by atoms with E-state index in [9.17, 15) is 9.59 Å². The number of aliphatic imine (C=N–C) groups is 1. The van der Waals surface area contributed by atoms with Gasteiger partial charge in [0, 0.05) is 17.6 Å². The van der Waals surface area contributed by atoms with Gasteiger partial charge in [-0.15, -0.1) is 0 Å². The zero-order valence-corrected chi connectivity index (χ0v) is 21.0. The molecule has 186 valence electrons. The van der Waals surface area contributed by atoms with Gasteiger partial charge in [0.25, 0.3) is 5.91 Å². The molecular formula is C27H32N2O6. The third-order valence-electron chi connectivity index (χ3n) is 5.28. The van der Waals surface area contributed by atoms with Crippen LogP contribution in [0.5, 0.6) is 17.2 Å². The van der Waals surface area contributed by atoms with Crippen LogP contribution < -0.4 is 14.2 Å². The van der Waals surface area contributed by atoms with Crippen LogP contribution in [0.4, 0.5) is 0 Å². The van der Waals surface area contributed by atoms with E-state index in [4.69, 9.17) is 18.9 Å². The maximum absolute atomic E-state index is 12.7. The highest BCUT2D eigenvalue weighted by Crippen LogP contribution is 2.30. The number of nitrogens with zero attached hydrogens (tertiary/aromatic N) is 2. The molecule has 0 radical (unpaired) electrons. The van der Waals surface area contributed by atoms with Gasteiger partial charge in [0.15, 0.2) is 23.8 Å². The summed E-state index contributed by atoms with van der Waals surface area (Å²) in [7, 11) is 1.58. The van der Waals surface area contributed by atoms with Crippen LogP contribution in [0.25, 0.3) is 6.08 Å². The van der Waals surface area contributed by atoms with E-state index in [2.05, 4.69) is 4.99 Å². The van der Waals surface area contributed by atoms with Crippen molar-refractivity contribution in [2.75, 3.05) is 20.3 Å². The van der Waals surface area contributed by atoms with E-state index in [0.29, 0.717) is 35.0 Å². The summed E-state index contributed by atoms with van der Waals surface area (Å²) in [4.78, 5) is 31.2. The zero-order chi connectivity index (χ0) is 25.5. The third-order valence-corrected chi connectivity index (χ3v) is 5.28. The Morgan fingerprint density at radius 3 is 2.31 bits per heavy atom. The number of benzene rings is 2. The second-order valence-electron chi connectivity index (χ2n) is 8.48. The first-order valence-corrected chi connectivity index (χ1v) is 11.6. The second-order valence-corrected chi connectivity index (χ2v) is 8.48. The van der Waals surface area contributed by atoms with Gasteiger partial charge in [0.1, 0.15) is 5.75 Å². The van der Waals surface area contributed by atoms with Gasteiger partial charge in [0.2, 0.25) is 5.90 Å². The van der Waals surface area contributed by atoms with Crippen LogP contribution >= 0.6 is 0 Å². The Balaban J connectivity index is 1.79. The lowest BCUT2D eigenvalue weighted by atomic mass is 10.1. The van der Waals surface area contributed by atoms with Gasteiger partial charge < -0.3 is 23.8 Å². The Hall–Kier alpha value is -3.81. The number of carbonyl (C=O) groups is 2. The summed E-state index contributed by atoms with van der Waals surface area (Å²) in [6, 6.07) is 12.5. The van der Waals surface area contributed by atoms with E-state index in [1.165, 1.54) is 0 Å². The molecule has 2 aromatic carbocycles. The molecule has 0 spiro atoms. The Bertz CT molecular complexity index is 1110. The average molecular weight is 481 g/mol. The summed E-state index contributed by atoms with van der Waals surface area (Å²) < 4.78 is 22.0. The van der Waals surface area contributed by atoms with Crippen molar-refractivity contribution in [3.05, 3.63) is 59.3 Å². The number of carbonyl (C=O) groups excluding carboxylic acids is 2. The standard InChI is InChI=1S/C27H32N2O6/c1-7-33-24-15-19(8-13-23(24)34-16-25(30)29(17(2)3)18(4)5)14-22-27(31)35-26(28-22)20-9-11-21(32-6)12-10-20/h8-15,17-18H,7,16H2,1-6H3/b22-14-. The van der Waals surface area contributed by atoms with Crippen molar-refractivity contribution in [2.45, 2.75) is 46.7 Å². The Kier molecular flexibility index (Phi) is 8.52. The number of methoxy groups -OCH3 is 1. The van der Waals surface area contributed by atoms with Crippen molar-refractivity contribution in [3.63, 3.8) is 0 Å². The molecule has 8 heteroatoms. The predicted molar refractivity (Wildman–Crippen MR) is 134 cm³/mol. The lowest BCUT2D eigenvalue weighted by molar-refractivity contribution is -0.137. The molecule has 0 N–H and O–H groups in total. The molecule has 8 nitrogen and oxygen atoms in total.